The largest absolute Gasteiger partial charge is 0.349 e. The summed E-state index contributed by atoms with van der Waals surface area (Å²) in [6.07, 6.45) is 0. The highest BCUT2D eigenvalue weighted by Crippen LogP contribution is 2.15. The van der Waals surface area contributed by atoms with Gasteiger partial charge >= 0.3 is 0 Å². The number of carbonyl (C=O) groups is 1. The Morgan fingerprint density at radius 2 is 2.27 bits per heavy atom. The fourth-order valence-corrected chi connectivity index (χ4v) is 1.93. The van der Waals surface area contributed by atoms with Gasteiger partial charge in [-0.2, -0.15) is 0 Å². The van der Waals surface area contributed by atoms with Crippen molar-refractivity contribution >= 4 is 17.2 Å². The van der Waals surface area contributed by atoms with Crippen molar-refractivity contribution in [2.75, 3.05) is 6.54 Å². The molecule has 0 spiro atoms. The molecular formula is C10H17N3OS. The Bertz CT molecular complexity index is 329. The van der Waals surface area contributed by atoms with Crippen LogP contribution in [0.2, 0.25) is 0 Å². The monoisotopic (exact) mass is 227 g/mol. The van der Waals surface area contributed by atoms with Crippen LogP contribution < -0.4 is 11.1 Å². The third-order valence-corrected chi connectivity index (χ3v) is 3.36. The Morgan fingerprint density at radius 1 is 1.60 bits per heavy atom. The van der Waals surface area contributed by atoms with Crippen molar-refractivity contribution in [3.05, 3.63) is 15.6 Å². The smallest absolute Gasteiger partial charge is 0.224 e. The Labute approximate surface area is 93.9 Å². The van der Waals surface area contributed by atoms with Gasteiger partial charge in [0.1, 0.15) is 5.01 Å². The van der Waals surface area contributed by atoms with Gasteiger partial charge in [-0.3, -0.25) is 4.79 Å². The van der Waals surface area contributed by atoms with Gasteiger partial charge in [0.25, 0.3) is 0 Å². The van der Waals surface area contributed by atoms with Crippen molar-refractivity contribution < 1.29 is 4.79 Å². The highest BCUT2D eigenvalue weighted by atomic mass is 32.1. The van der Waals surface area contributed by atoms with Gasteiger partial charge in [-0.1, -0.05) is 6.92 Å². The maximum Gasteiger partial charge on any atom is 0.224 e. The van der Waals surface area contributed by atoms with Crippen LogP contribution in [0.5, 0.6) is 0 Å². The van der Waals surface area contributed by atoms with E-state index in [0.29, 0.717) is 13.1 Å². The molecule has 1 heterocycles. The lowest BCUT2D eigenvalue weighted by molar-refractivity contribution is -0.124. The summed E-state index contributed by atoms with van der Waals surface area (Å²) in [5.74, 6) is -0.143. The van der Waals surface area contributed by atoms with Crippen molar-refractivity contribution in [2.24, 2.45) is 11.7 Å². The summed E-state index contributed by atoms with van der Waals surface area (Å²) < 4.78 is 0. The summed E-state index contributed by atoms with van der Waals surface area (Å²) in [4.78, 5) is 17.0. The van der Waals surface area contributed by atoms with Crippen LogP contribution in [0, 0.1) is 19.8 Å². The Kier molecular flexibility index (Phi) is 4.23. The van der Waals surface area contributed by atoms with Gasteiger partial charge in [0.2, 0.25) is 5.91 Å². The van der Waals surface area contributed by atoms with Crippen molar-refractivity contribution in [2.45, 2.75) is 27.3 Å². The van der Waals surface area contributed by atoms with E-state index in [-0.39, 0.29) is 11.8 Å². The van der Waals surface area contributed by atoms with Gasteiger partial charge in [0, 0.05) is 17.3 Å². The minimum Gasteiger partial charge on any atom is -0.349 e. The lowest BCUT2D eigenvalue weighted by atomic mass is 10.2. The van der Waals surface area contributed by atoms with Gasteiger partial charge in [-0.15, -0.1) is 11.3 Å². The summed E-state index contributed by atoms with van der Waals surface area (Å²) >= 11 is 1.62. The van der Waals surface area contributed by atoms with Crippen LogP contribution in [-0.4, -0.2) is 17.4 Å². The average molecular weight is 227 g/mol. The summed E-state index contributed by atoms with van der Waals surface area (Å²) in [5.41, 5.74) is 6.43. The van der Waals surface area contributed by atoms with Crippen LogP contribution in [0.1, 0.15) is 22.5 Å². The molecule has 1 unspecified atom stereocenters. The molecule has 0 saturated heterocycles. The van der Waals surface area contributed by atoms with Crippen LogP contribution >= 0.6 is 11.3 Å². The molecule has 0 saturated carbocycles. The molecule has 5 heteroatoms. The molecule has 0 bridgehead atoms. The first-order valence-corrected chi connectivity index (χ1v) is 5.77. The van der Waals surface area contributed by atoms with E-state index in [9.17, 15) is 4.79 Å². The zero-order valence-electron chi connectivity index (χ0n) is 9.33. The predicted octanol–water partition coefficient (Wildman–Crippen LogP) is 0.971. The molecule has 84 valence electrons. The third kappa shape index (κ3) is 3.28. The highest BCUT2D eigenvalue weighted by Gasteiger charge is 2.11. The number of hydrogen-bond acceptors (Lipinski definition) is 4. The van der Waals surface area contributed by atoms with E-state index in [1.54, 1.807) is 11.3 Å². The maximum atomic E-state index is 11.4. The first-order valence-electron chi connectivity index (χ1n) is 4.95. The number of nitrogens with zero attached hydrogens (tertiary/aromatic N) is 1. The van der Waals surface area contributed by atoms with Crippen LogP contribution in [0.15, 0.2) is 0 Å². The predicted molar refractivity (Wildman–Crippen MR) is 61.7 cm³/mol. The van der Waals surface area contributed by atoms with Crippen molar-refractivity contribution in [3.8, 4) is 0 Å². The zero-order valence-corrected chi connectivity index (χ0v) is 10.1. The third-order valence-electron chi connectivity index (χ3n) is 2.29. The number of carbonyl (C=O) groups excluding carboxylic acids is 1. The molecule has 1 aromatic heterocycles. The number of hydrogen-bond donors (Lipinski definition) is 2. The average Bonchev–Trinajstić information content (AvgIpc) is 2.54. The molecule has 1 atom stereocenters. The summed E-state index contributed by atoms with van der Waals surface area (Å²) in [6.45, 7) is 6.69. The van der Waals surface area contributed by atoms with Gasteiger partial charge in [0.05, 0.1) is 12.2 Å². The second-order valence-electron chi connectivity index (χ2n) is 3.60. The van der Waals surface area contributed by atoms with E-state index in [0.717, 1.165) is 10.7 Å². The van der Waals surface area contributed by atoms with Gasteiger partial charge in [-0.25, -0.2) is 4.98 Å². The van der Waals surface area contributed by atoms with E-state index < -0.39 is 0 Å². The van der Waals surface area contributed by atoms with Crippen LogP contribution in [0.3, 0.4) is 0 Å². The molecule has 0 aromatic carbocycles. The number of aromatic nitrogens is 1. The standard InChI is InChI=1S/C10H17N3OS/c1-6(4-11)10(14)12-5-9-13-7(2)8(3)15-9/h6H,4-5,11H2,1-3H3,(H,12,14). The second-order valence-corrected chi connectivity index (χ2v) is 4.89. The molecule has 4 nitrogen and oxygen atoms in total. The molecule has 1 rings (SSSR count). The number of nitrogens with two attached hydrogens (primary N) is 1. The van der Waals surface area contributed by atoms with Gasteiger partial charge in [-0.05, 0) is 13.8 Å². The Balaban J connectivity index is 2.47. The normalized spacial score (nSPS) is 12.5. The van der Waals surface area contributed by atoms with E-state index in [1.807, 2.05) is 20.8 Å². The highest BCUT2D eigenvalue weighted by molar-refractivity contribution is 7.11. The van der Waals surface area contributed by atoms with Crippen LogP contribution in [0.25, 0.3) is 0 Å². The van der Waals surface area contributed by atoms with Crippen LogP contribution in [-0.2, 0) is 11.3 Å². The summed E-state index contributed by atoms with van der Waals surface area (Å²) in [6, 6.07) is 0. The van der Waals surface area contributed by atoms with E-state index in [1.165, 1.54) is 4.88 Å². The fraction of sp³-hybridized carbons (Fsp3) is 0.600. The number of thiazole rings is 1. The molecule has 1 amide bonds. The lowest BCUT2D eigenvalue weighted by Crippen LogP contribution is -2.32. The van der Waals surface area contributed by atoms with Gasteiger partial charge in [0.15, 0.2) is 0 Å². The summed E-state index contributed by atoms with van der Waals surface area (Å²) in [7, 11) is 0. The first kappa shape index (κ1) is 12.1. The Hall–Kier alpha value is -0.940. The molecule has 1 aromatic rings. The molecule has 0 aliphatic heterocycles. The maximum absolute atomic E-state index is 11.4. The Morgan fingerprint density at radius 3 is 2.73 bits per heavy atom. The van der Waals surface area contributed by atoms with E-state index >= 15 is 0 Å². The number of amides is 1. The molecule has 0 aliphatic carbocycles. The molecule has 0 aliphatic rings. The van der Waals surface area contributed by atoms with Crippen molar-refractivity contribution in [1.82, 2.24) is 10.3 Å². The van der Waals surface area contributed by atoms with Gasteiger partial charge < -0.3 is 11.1 Å². The quantitative estimate of drug-likeness (QED) is 0.805. The molecule has 3 N–H and O–H groups in total. The number of aryl methyl sites for hydroxylation is 2. The molecule has 0 fully saturated rings. The van der Waals surface area contributed by atoms with E-state index in [4.69, 9.17) is 5.73 Å². The van der Waals surface area contributed by atoms with Crippen molar-refractivity contribution in [3.63, 3.8) is 0 Å². The second kappa shape index (κ2) is 5.23. The minimum atomic E-state index is -0.132. The van der Waals surface area contributed by atoms with Crippen LogP contribution in [0.4, 0.5) is 0 Å². The number of rotatable bonds is 4. The topological polar surface area (TPSA) is 68.0 Å². The fourth-order valence-electron chi connectivity index (χ4n) is 1.06. The number of nitrogens with one attached hydrogen (secondary N) is 1. The molecule has 15 heavy (non-hydrogen) atoms. The lowest BCUT2D eigenvalue weighted by Gasteiger charge is -2.07. The summed E-state index contributed by atoms with van der Waals surface area (Å²) in [5, 5.41) is 3.77. The van der Waals surface area contributed by atoms with Crippen molar-refractivity contribution in [1.29, 1.82) is 0 Å². The minimum absolute atomic E-state index is 0.0111. The van der Waals surface area contributed by atoms with E-state index in [2.05, 4.69) is 10.3 Å². The molecular weight excluding hydrogens is 210 g/mol. The first-order chi connectivity index (χ1) is 7.04. The zero-order chi connectivity index (χ0) is 11.4. The SMILES string of the molecule is Cc1nc(CNC(=O)C(C)CN)sc1C. The molecule has 0 radical (unpaired) electrons.